The van der Waals surface area contributed by atoms with E-state index in [0.717, 1.165) is 17.8 Å². The van der Waals surface area contributed by atoms with Gasteiger partial charge in [0.25, 0.3) is 0 Å². The highest BCUT2D eigenvalue weighted by Gasteiger charge is 2.62. The number of fused-ring (bicyclic) bond motifs is 4. The van der Waals surface area contributed by atoms with Gasteiger partial charge in [0.05, 0.1) is 0 Å². The fourth-order valence-electron chi connectivity index (χ4n) is 4.58. The van der Waals surface area contributed by atoms with Gasteiger partial charge in [-0.25, -0.2) is 0 Å². The van der Waals surface area contributed by atoms with Crippen LogP contribution < -0.4 is 0 Å². The van der Waals surface area contributed by atoms with Crippen molar-refractivity contribution in [1.29, 1.82) is 0 Å². The second kappa shape index (κ2) is 1.66. The first kappa shape index (κ1) is 6.23. The van der Waals surface area contributed by atoms with Gasteiger partial charge in [0.1, 0.15) is 0 Å². The quantitative estimate of drug-likeness (QED) is 0.478. The van der Waals surface area contributed by atoms with E-state index in [1.54, 1.807) is 12.0 Å². The highest BCUT2D eigenvalue weighted by atomic mass is 14.7. The molecular formula is C12H16. The first-order valence-corrected chi connectivity index (χ1v) is 5.52. The summed E-state index contributed by atoms with van der Waals surface area (Å²) >= 11 is 0. The molecule has 0 N–H and O–H groups in total. The molecule has 64 valence electrons. The lowest BCUT2D eigenvalue weighted by molar-refractivity contribution is 0.290. The fraction of sp³-hybridized carbons (Fsp3) is 0.833. The Bertz CT molecular complexity index is 286. The largest absolute Gasteiger partial charge is 0.0738 e. The fourth-order valence-corrected chi connectivity index (χ4v) is 4.58. The molecule has 0 aromatic carbocycles. The molecule has 12 heavy (non-hydrogen) atoms. The Hall–Kier alpha value is -0.260. The smallest absolute Gasteiger partial charge is 0.0283 e. The van der Waals surface area contributed by atoms with Crippen LogP contribution in [0.5, 0.6) is 0 Å². The van der Waals surface area contributed by atoms with Gasteiger partial charge in [0, 0.05) is 0 Å². The van der Waals surface area contributed by atoms with Crippen molar-refractivity contribution in [1.82, 2.24) is 0 Å². The second-order valence-corrected chi connectivity index (χ2v) is 5.55. The molecule has 0 saturated heterocycles. The maximum Gasteiger partial charge on any atom is -0.0283 e. The average molecular weight is 160 g/mol. The third-order valence-corrected chi connectivity index (χ3v) is 5.20. The molecule has 0 heterocycles. The highest BCUT2D eigenvalue weighted by molar-refractivity contribution is 5.29. The van der Waals surface area contributed by atoms with Crippen LogP contribution in [0.15, 0.2) is 11.1 Å². The zero-order valence-electron chi connectivity index (χ0n) is 7.72. The van der Waals surface area contributed by atoms with Crippen molar-refractivity contribution in [3.05, 3.63) is 11.1 Å². The lowest BCUT2D eigenvalue weighted by Gasteiger charge is -2.25. The van der Waals surface area contributed by atoms with E-state index in [1.165, 1.54) is 31.1 Å². The van der Waals surface area contributed by atoms with Crippen molar-refractivity contribution >= 4 is 0 Å². The summed E-state index contributed by atoms with van der Waals surface area (Å²) in [6.07, 6.45) is 6.10. The zero-order valence-corrected chi connectivity index (χ0v) is 7.72. The predicted octanol–water partition coefficient (Wildman–Crippen LogP) is 3.00. The van der Waals surface area contributed by atoms with E-state index in [-0.39, 0.29) is 0 Å². The molecule has 3 fully saturated rings. The topological polar surface area (TPSA) is 0 Å². The Kier molecular flexibility index (Phi) is 0.865. The van der Waals surface area contributed by atoms with E-state index in [9.17, 15) is 0 Å². The Labute approximate surface area is 74.0 Å². The number of allylic oxidation sites excluding steroid dienone is 2. The first-order valence-electron chi connectivity index (χ1n) is 5.52. The number of hydrogen-bond donors (Lipinski definition) is 0. The van der Waals surface area contributed by atoms with Crippen molar-refractivity contribution in [3.8, 4) is 0 Å². The van der Waals surface area contributed by atoms with Gasteiger partial charge in [-0.3, -0.25) is 0 Å². The molecule has 5 unspecified atom stereocenters. The summed E-state index contributed by atoms with van der Waals surface area (Å²) in [6.45, 7) is 2.39. The minimum absolute atomic E-state index is 1.14. The van der Waals surface area contributed by atoms with Crippen LogP contribution in [0.25, 0.3) is 0 Å². The molecule has 0 nitrogen and oxygen atoms in total. The van der Waals surface area contributed by atoms with Crippen LogP contribution in [0.4, 0.5) is 0 Å². The van der Waals surface area contributed by atoms with Crippen molar-refractivity contribution in [2.75, 3.05) is 0 Å². The molecule has 0 heteroatoms. The van der Waals surface area contributed by atoms with Crippen molar-refractivity contribution < 1.29 is 0 Å². The first-order chi connectivity index (χ1) is 5.84. The molecule has 0 spiro atoms. The lowest BCUT2D eigenvalue weighted by atomic mass is 9.79. The van der Waals surface area contributed by atoms with Gasteiger partial charge in [-0.15, -0.1) is 0 Å². The van der Waals surface area contributed by atoms with E-state index in [2.05, 4.69) is 6.92 Å². The zero-order chi connectivity index (χ0) is 7.87. The standard InChI is InChI=1S/C12H16/c1-6-2-8-9-3-7(6)4-10(9)12-5-11(8)12/h8-12H,2-5H2,1H3. The van der Waals surface area contributed by atoms with Gasteiger partial charge in [0.15, 0.2) is 0 Å². The van der Waals surface area contributed by atoms with Gasteiger partial charge < -0.3 is 0 Å². The predicted molar refractivity (Wildman–Crippen MR) is 48.6 cm³/mol. The van der Waals surface area contributed by atoms with Crippen molar-refractivity contribution in [2.45, 2.75) is 32.6 Å². The molecule has 3 saturated carbocycles. The van der Waals surface area contributed by atoms with Crippen LogP contribution in [-0.4, -0.2) is 0 Å². The molecule has 4 rings (SSSR count). The molecule has 0 aromatic rings. The van der Waals surface area contributed by atoms with E-state index in [0.29, 0.717) is 0 Å². The summed E-state index contributed by atoms with van der Waals surface area (Å²) in [5, 5.41) is 0. The van der Waals surface area contributed by atoms with Crippen molar-refractivity contribution in [3.63, 3.8) is 0 Å². The van der Waals surface area contributed by atoms with E-state index in [1.807, 2.05) is 5.57 Å². The molecule has 2 bridgehead atoms. The maximum absolute atomic E-state index is 2.39. The normalized spacial score (nSPS) is 59.2. The van der Waals surface area contributed by atoms with Crippen LogP contribution in [0.3, 0.4) is 0 Å². The summed E-state index contributed by atoms with van der Waals surface area (Å²) in [7, 11) is 0. The average Bonchev–Trinajstić information content (AvgIpc) is 2.63. The SMILES string of the molecule is CC1=C2CC3C(C1)C1CC1C3C2. The third-order valence-electron chi connectivity index (χ3n) is 5.20. The van der Waals surface area contributed by atoms with Gasteiger partial charge in [0.2, 0.25) is 0 Å². The summed E-state index contributed by atoms with van der Waals surface area (Å²) < 4.78 is 0. The minimum Gasteiger partial charge on any atom is -0.0738 e. The van der Waals surface area contributed by atoms with Crippen LogP contribution >= 0.6 is 0 Å². The Morgan fingerprint density at radius 2 is 1.42 bits per heavy atom. The molecule has 5 atom stereocenters. The van der Waals surface area contributed by atoms with Gasteiger partial charge >= 0.3 is 0 Å². The highest BCUT2D eigenvalue weighted by Crippen LogP contribution is 2.70. The second-order valence-electron chi connectivity index (χ2n) is 5.55. The van der Waals surface area contributed by atoms with Gasteiger partial charge in [-0.2, -0.15) is 0 Å². The summed E-state index contributed by atoms with van der Waals surface area (Å²) in [6, 6.07) is 0. The Morgan fingerprint density at radius 3 is 2.17 bits per heavy atom. The monoisotopic (exact) mass is 160 g/mol. The molecule has 4 aliphatic carbocycles. The van der Waals surface area contributed by atoms with Crippen LogP contribution in [0.2, 0.25) is 0 Å². The van der Waals surface area contributed by atoms with Crippen LogP contribution in [0, 0.1) is 29.6 Å². The molecule has 0 aromatic heterocycles. The molecular weight excluding hydrogens is 144 g/mol. The third kappa shape index (κ3) is 0.522. The van der Waals surface area contributed by atoms with E-state index >= 15 is 0 Å². The number of hydrogen-bond acceptors (Lipinski definition) is 0. The molecule has 0 amide bonds. The Balaban J connectivity index is 1.88. The summed E-state index contributed by atoms with van der Waals surface area (Å²) in [5.74, 6) is 5.86. The molecule has 4 aliphatic rings. The minimum atomic E-state index is 1.14. The van der Waals surface area contributed by atoms with E-state index < -0.39 is 0 Å². The number of rotatable bonds is 0. The molecule has 0 radical (unpaired) electrons. The van der Waals surface area contributed by atoms with Gasteiger partial charge in [-0.1, -0.05) is 11.1 Å². The maximum atomic E-state index is 2.39. The lowest BCUT2D eigenvalue weighted by Crippen LogP contribution is -2.16. The van der Waals surface area contributed by atoms with Crippen LogP contribution in [0.1, 0.15) is 32.6 Å². The molecule has 0 aliphatic heterocycles. The summed E-state index contributed by atoms with van der Waals surface area (Å²) in [4.78, 5) is 0. The van der Waals surface area contributed by atoms with Crippen molar-refractivity contribution in [2.24, 2.45) is 29.6 Å². The van der Waals surface area contributed by atoms with Crippen LogP contribution in [-0.2, 0) is 0 Å². The van der Waals surface area contributed by atoms with Gasteiger partial charge in [-0.05, 0) is 62.2 Å². The van der Waals surface area contributed by atoms with E-state index in [4.69, 9.17) is 0 Å². The summed E-state index contributed by atoms with van der Waals surface area (Å²) in [5.41, 5.74) is 3.65. The Morgan fingerprint density at radius 1 is 0.833 bits per heavy atom.